The molecule has 0 unspecified atom stereocenters. The fraction of sp³-hybridized carbons (Fsp3) is 0.414. The van der Waals surface area contributed by atoms with Gasteiger partial charge >= 0.3 is 0 Å². The normalized spacial score (nSPS) is 11.3. The average molecular weight is 1200 g/mol. The quantitative estimate of drug-likeness (QED) is 0.0343. The van der Waals surface area contributed by atoms with Crippen molar-refractivity contribution in [3.8, 4) is 16.9 Å². The summed E-state index contributed by atoms with van der Waals surface area (Å²) in [4.78, 5) is 64.7. The third kappa shape index (κ3) is 26.3. The molecule has 0 fully saturated rings. The van der Waals surface area contributed by atoms with Crippen LogP contribution in [0.2, 0.25) is 0 Å². The number of benzene rings is 3. The molecule has 7 aromatic rings. The van der Waals surface area contributed by atoms with E-state index in [2.05, 4.69) is 88.9 Å². The van der Waals surface area contributed by atoms with E-state index in [1.165, 1.54) is 0 Å². The lowest BCUT2D eigenvalue weighted by Crippen LogP contribution is -2.36. The van der Waals surface area contributed by atoms with Crippen LogP contribution in [0.1, 0.15) is 105 Å². The Hall–Kier alpha value is -7.81. The summed E-state index contributed by atoms with van der Waals surface area (Å²) >= 11 is 0. The molecule has 4 heterocycles. The summed E-state index contributed by atoms with van der Waals surface area (Å²) in [5.74, 6) is 1.51. The molecule has 18 heteroatoms. The molecule has 88 heavy (non-hydrogen) atoms. The molecule has 0 aliphatic rings. The first kappa shape index (κ1) is 67.7. The highest BCUT2D eigenvalue weighted by Gasteiger charge is 2.18. The molecule has 2 N–H and O–H groups in total. The van der Waals surface area contributed by atoms with Gasteiger partial charge in [0.2, 0.25) is 17.7 Å². The maximum atomic E-state index is 13.5. The van der Waals surface area contributed by atoms with E-state index in [1.807, 2.05) is 91.0 Å². The SMILES string of the molecule is CCCCCC(=O)Nc1cccc(CN(Cc2cc(CN(Cc3ccccn3)Cc3cccc(NC(=O)CCCCC)n3)cc(OCCOCCOCCN(Cc3ccc(-c4ccccc4)cc3)C(=O)COCCOCCOC)c2)Cc2ccccn2)n1. The highest BCUT2D eigenvalue weighted by atomic mass is 16.5. The van der Waals surface area contributed by atoms with Crippen LogP contribution >= 0.6 is 0 Å². The fourth-order valence-electron chi connectivity index (χ4n) is 9.78. The van der Waals surface area contributed by atoms with Crippen LogP contribution in [0, 0.1) is 0 Å². The minimum atomic E-state index is -0.140. The van der Waals surface area contributed by atoms with E-state index in [4.69, 9.17) is 48.4 Å². The Bertz CT molecular complexity index is 2960. The molecule has 0 saturated carbocycles. The molecule has 468 valence electrons. The van der Waals surface area contributed by atoms with Crippen molar-refractivity contribution in [3.05, 3.63) is 197 Å². The monoisotopic (exact) mass is 1200 g/mol. The van der Waals surface area contributed by atoms with Crippen LogP contribution in [0.4, 0.5) is 11.6 Å². The summed E-state index contributed by atoms with van der Waals surface area (Å²) in [5, 5.41) is 6.01. The smallest absolute Gasteiger partial charge is 0.248 e. The number of anilines is 2. The van der Waals surface area contributed by atoms with E-state index in [9.17, 15) is 14.4 Å². The molecule has 18 nitrogen and oxygen atoms in total. The summed E-state index contributed by atoms with van der Waals surface area (Å²) in [7, 11) is 1.62. The Kier molecular flexibility index (Phi) is 30.7. The molecule has 0 atom stereocenters. The van der Waals surface area contributed by atoms with E-state index in [0.717, 1.165) is 89.1 Å². The van der Waals surface area contributed by atoms with Gasteiger partial charge in [-0.3, -0.25) is 34.2 Å². The zero-order chi connectivity index (χ0) is 61.6. The van der Waals surface area contributed by atoms with Gasteiger partial charge in [-0.1, -0.05) is 124 Å². The van der Waals surface area contributed by atoms with Crippen molar-refractivity contribution in [1.29, 1.82) is 0 Å². The third-order valence-corrected chi connectivity index (χ3v) is 14.2. The molecule has 0 radical (unpaired) electrons. The fourth-order valence-corrected chi connectivity index (χ4v) is 9.78. The van der Waals surface area contributed by atoms with E-state index in [0.29, 0.717) is 135 Å². The number of carbonyl (C=O) groups excluding carboxylic acids is 3. The molecule has 0 aliphatic heterocycles. The molecule has 3 aromatic carbocycles. The van der Waals surface area contributed by atoms with Gasteiger partial charge in [-0.05, 0) is 101 Å². The van der Waals surface area contributed by atoms with Crippen LogP contribution < -0.4 is 15.4 Å². The summed E-state index contributed by atoms with van der Waals surface area (Å²) in [6, 6.07) is 48.1. The van der Waals surface area contributed by atoms with E-state index < -0.39 is 0 Å². The number of hydrogen-bond acceptors (Lipinski definition) is 15. The van der Waals surface area contributed by atoms with Gasteiger partial charge in [0.1, 0.15) is 30.6 Å². The van der Waals surface area contributed by atoms with Crippen LogP contribution in [0.3, 0.4) is 0 Å². The van der Waals surface area contributed by atoms with Crippen molar-refractivity contribution in [3.63, 3.8) is 0 Å². The first-order chi connectivity index (χ1) is 43.2. The zero-order valence-corrected chi connectivity index (χ0v) is 51.7. The van der Waals surface area contributed by atoms with Gasteiger partial charge in [-0.2, -0.15) is 0 Å². The van der Waals surface area contributed by atoms with Crippen molar-refractivity contribution >= 4 is 29.4 Å². The van der Waals surface area contributed by atoms with Crippen molar-refractivity contribution < 1.29 is 42.8 Å². The minimum Gasteiger partial charge on any atom is -0.491 e. The largest absolute Gasteiger partial charge is 0.491 e. The van der Waals surface area contributed by atoms with Crippen molar-refractivity contribution in [2.75, 3.05) is 90.4 Å². The topological polar surface area (TPSA) is 192 Å². The number of nitrogens with zero attached hydrogens (tertiary/aromatic N) is 7. The molecule has 0 aliphatic carbocycles. The Labute approximate surface area is 520 Å². The van der Waals surface area contributed by atoms with Gasteiger partial charge in [0.15, 0.2) is 0 Å². The van der Waals surface area contributed by atoms with Gasteiger partial charge < -0.3 is 44.0 Å². The number of ether oxygens (including phenoxy) is 6. The molecule has 0 saturated heterocycles. The second kappa shape index (κ2) is 39.9. The molecule has 3 amide bonds. The molecular weight excluding hydrogens is 1110 g/mol. The first-order valence-electron chi connectivity index (χ1n) is 31.0. The van der Waals surface area contributed by atoms with Gasteiger partial charge in [0.05, 0.1) is 75.6 Å². The number of carbonyl (C=O) groups is 3. The average Bonchev–Trinajstić information content (AvgIpc) is 3.71. The standard InChI is InChI=1S/C70H89N9O9/c1-4-6-9-27-68(80)75-66-25-17-23-63(73-66)53-77(51-61-21-13-15-33-71-61)48-57-45-58(49-78(52-62-22-14-16-34-72-62)54-64-24-18-26-67(74-64)76-69(81)28-10-7-5-2)47-65(46-57)88-44-43-86-40-39-84-36-35-79(70(82)55-87-42-41-85-38-37-83-3)50-56-29-31-60(32-30-56)59-19-11-8-12-20-59/h8,11-26,29-34,45-47H,4-7,9-10,27-28,35-44,48-55H2,1-3H3,(H,73,75,80)(H,74,76,81). The lowest BCUT2D eigenvalue weighted by atomic mass is 10.0. The van der Waals surface area contributed by atoms with Gasteiger partial charge in [0, 0.05) is 84.7 Å². The van der Waals surface area contributed by atoms with Gasteiger partial charge in [-0.15, -0.1) is 0 Å². The molecule has 4 aromatic heterocycles. The second-order valence-corrected chi connectivity index (χ2v) is 21.6. The molecule has 0 bridgehead atoms. The van der Waals surface area contributed by atoms with Crippen molar-refractivity contribution in [2.45, 2.75) is 111 Å². The maximum Gasteiger partial charge on any atom is 0.248 e. The number of pyridine rings is 4. The Morgan fingerprint density at radius 2 is 0.932 bits per heavy atom. The third-order valence-electron chi connectivity index (χ3n) is 14.2. The van der Waals surface area contributed by atoms with Crippen molar-refractivity contribution in [2.24, 2.45) is 0 Å². The Morgan fingerprint density at radius 1 is 0.443 bits per heavy atom. The zero-order valence-electron chi connectivity index (χ0n) is 51.7. The second-order valence-electron chi connectivity index (χ2n) is 21.6. The summed E-state index contributed by atoms with van der Waals surface area (Å²) in [6.45, 7) is 11.2. The number of rotatable bonds is 43. The van der Waals surface area contributed by atoms with E-state index in [1.54, 1.807) is 24.4 Å². The van der Waals surface area contributed by atoms with Crippen LogP contribution in [-0.2, 0) is 83.9 Å². The van der Waals surface area contributed by atoms with Crippen LogP contribution in [0.15, 0.2) is 158 Å². The minimum absolute atomic E-state index is 0.0410. The summed E-state index contributed by atoms with van der Waals surface area (Å²) < 4.78 is 34.9. The number of nitrogens with one attached hydrogen (secondary N) is 2. The Morgan fingerprint density at radius 3 is 1.47 bits per heavy atom. The molecule has 0 spiro atoms. The number of unbranched alkanes of at least 4 members (excludes halogenated alkanes) is 4. The predicted octanol–water partition coefficient (Wildman–Crippen LogP) is 11.5. The van der Waals surface area contributed by atoms with Crippen LogP contribution in [0.25, 0.3) is 11.1 Å². The maximum absolute atomic E-state index is 13.5. The molecular formula is C70H89N9O9. The predicted molar refractivity (Wildman–Crippen MR) is 343 cm³/mol. The van der Waals surface area contributed by atoms with Gasteiger partial charge in [-0.25, -0.2) is 9.97 Å². The van der Waals surface area contributed by atoms with E-state index in [-0.39, 0.29) is 30.9 Å². The van der Waals surface area contributed by atoms with Crippen molar-refractivity contribution in [1.82, 2.24) is 34.6 Å². The Balaban J connectivity index is 1.02. The number of aromatic nitrogens is 4. The lowest BCUT2D eigenvalue weighted by molar-refractivity contribution is -0.138. The lowest BCUT2D eigenvalue weighted by Gasteiger charge is -2.25. The van der Waals surface area contributed by atoms with E-state index >= 15 is 0 Å². The highest BCUT2D eigenvalue weighted by molar-refractivity contribution is 5.90. The summed E-state index contributed by atoms with van der Waals surface area (Å²) in [5.41, 5.74) is 8.68. The number of hydrogen-bond donors (Lipinski definition) is 2. The number of methoxy groups -OCH3 is 1. The number of amides is 3. The van der Waals surface area contributed by atoms with Crippen LogP contribution in [-0.4, -0.2) is 132 Å². The van der Waals surface area contributed by atoms with Gasteiger partial charge in [0.25, 0.3) is 0 Å². The summed E-state index contributed by atoms with van der Waals surface area (Å²) in [6.07, 6.45) is 10.3. The highest BCUT2D eigenvalue weighted by Crippen LogP contribution is 2.25. The first-order valence-corrected chi connectivity index (χ1v) is 31.0. The molecule has 7 rings (SSSR count). The van der Waals surface area contributed by atoms with Crippen LogP contribution in [0.5, 0.6) is 5.75 Å².